The van der Waals surface area contributed by atoms with Crippen LogP contribution in [0.4, 0.5) is 0 Å². The lowest BCUT2D eigenvalue weighted by atomic mass is 9.91. The van der Waals surface area contributed by atoms with Gasteiger partial charge in [0.15, 0.2) is 12.4 Å². The number of Topliss-reactive ketones (excluding diaryl/α,β-unsaturated/α-hetero) is 1. The molecule has 0 radical (unpaired) electrons. The highest BCUT2D eigenvalue weighted by molar-refractivity contribution is 5.95. The second kappa shape index (κ2) is 9.56. The first-order valence-corrected chi connectivity index (χ1v) is 8.03. The average molecular weight is 348 g/mol. The lowest BCUT2D eigenvalue weighted by Crippen LogP contribution is -2.41. The van der Waals surface area contributed by atoms with E-state index in [9.17, 15) is 19.2 Å². The first-order chi connectivity index (χ1) is 11.7. The van der Waals surface area contributed by atoms with Crippen molar-refractivity contribution in [1.82, 2.24) is 10.9 Å². The topological polar surface area (TPSA) is 102 Å². The molecule has 0 aliphatic carbocycles. The van der Waals surface area contributed by atoms with Crippen molar-refractivity contribution >= 4 is 23.6 Å². The number of esters is 1. The predicted molar refractivity (Wildman–Crippen MR) is 91.3 cm³/mol. The zero-order valence-electron chi connectivity index (χ0n) is 14.8. The second-order valence-electron chi connectivity index (χ2n) is 6.56. The molecule has 0 aliphatic heterocycles. The average Bonchev–Trinajstić information content (AvgIpc) is 2.57. The summed E-state index contributed by atoms with van der Waals surface area (Å²) in [6, 6.07) is 8.45. The lowest BCUT2D eigenvalue weighted by Gasteiger charge is -2.16. The highest BCUT2D eigenvalue weighted by Gasteiger charge is 2.22. The number of carbonyl (C=O) groups excluding carboxylic acids is 4. The van der Waals surface area contributed by atoms with Crippen LogP contribution in [0, 0.1) is 5.41 Å². The molecule has 7 nitrogen and oxygen atoms in total. The third kappa shape index (κ3) is 8.10. The standard InChI is InChI=1S/C18H24N2O5/c1-18(2,3)14(21)12-25-16(23)11-7-10-15(22)19-20-17(24)13-8-5-4-6-9-13/h4-6,8-9H,7,10-12H2,1-3H3,(H,19,22)(H,20,24). The Hall–Kier alpha value is -2.70. The zero-order valence-corrected chi connectivity index (χ0v) is 14.8. The van der Waals surface area contributed by atoms with Gasteiger partial charge in [-0.15, -0.1) is 0 Å². The molecule has 0 saturated carbocycles. The van der Waals surface area contributed by atoms with Crippen molar-refractivity contribution < 1.29 is 23.9 Å². The summed E-state index contributed by atoms with van der Waals surface area (Å²) in [4.78, 5) is 46.5. The largest absolute Gasteiger partial charge is 0.458 e. The SMILES string of the molecule is CC(C)(C)C(=O)COC(=O)CCCC(=O)NNC(=O)c1ccccc1. The van der Waals surface area contributed by atoms with Gasteiger partial charge in [-0.1, -0.05) is 39.0 Å². The van der Waals surface area contributed by atoms with E-state index in [0.717, 1.165) is 0 Å². The van der Waals surface area contributed by atoms with Crippen molar-refractivity contribution in [3.63, 3.8) is 0 Å². The number of ketones is 1. The number of hydrogen-bond donors (Lipinski definition) is 2. The second-order valence-corrected chi connectivity index (χ2v) is 6.56. The maximum atomic E-state index is 11.7. The van der Waals surface area contributed by atoms with Crippen LogP contribution in [0.15, 0.2) is 30.3 Å². The molecule has 0 bridgehead atoms. The molecule has 0 aromatic heterocycles. The van der Waals surface area contributed by atoms with Crippen molar-refractivity contribution in [2.45, 2.75) is 40.0 Å². The molecule has 1 rings (SSSR count). The van der Waals surface area contributed by atoms with E-state index in [1.54, 1.807) is 51.1 Å². The maximum absolute atomic E-state index is 11.7. The molecule has 25 heavy (non-hydrogen) atoms. The van der Waals surface area contributed by atoms with Gasteiger partial charge in [0.1, 0.15) is 0 Å². The molecule has 0 fully saturated rings. The molecule has 1 aromatic rings. The molecule has 0 aliphatic rings. The Morgan fingerprint density at radius 2 is 1.60 bits per heavy atom. The number of ether oxygens (including phenoxy) is 1. The van der Waals surface area contributed by atoms with E-state index >= 15 is 0 Å². The molecule has 0 heterocycles. The van der Waals surface area contributed by atoms with Gasteiger partial charge in [0.05, 0.1) is 0 Å². The van der Waals surface area contributed by atoms with Crippen molar-refractivity contribution in [3.8, 4) is 0 Å². The summed E-state index contributed by atoms with van der Waals surface area (Å²) in [6.07, 6.45) is 0.338. The van der Waals surface area contributed by atoms with Gasteiger partial charge in [0.2, 0.25) is 5.91 Å². The summed E-state index contributed by atoms with van der Waals surface area (Å²) in [5.74, 6) is -1.53. The maximum Gasteiger partial charge on any atom is 0.306 e. The quantitative estimate of drug-likeness (QED) is 0.578. The summed E-state index contributed by atoms with van der Waals surface area (Å²) in [6.45, 7) is 4.98. The number of amides is 2. The van der Waals surface area contributed by atoms with Crippen LogP contribution in [0.3, 0.4) is 0 Å². The Labute approximate surface area is 147 Å². The number of hydrogen-bond acceptors (Lipinski definition) is 5. The van der Waals surface area contributed by atoms with E-state index in [0.29, 0.717) is 5.56 Å². The van der Waals surface area contributed by atoms with Gasteiger partial charge >= 0.3 is 5.97 Å². The van der Waals surface area contributed by atoms with Gasteiger partial charge in [-0.05, 0) is 18.6 Å². The van der Waals surface area contributed by atoms with Crippen LogP contribution >= 0.6 is 0 Å². The zero-order chi connectivity index (χ0) is 18.9. The first-order valence-electron chi connectivity index (χ1n) is 8.03. The third-order valence-electron chi connectivity index (χ3n) is 3.34. The van der Waals surface area contributed by atoms with Gasteiger partial charge in [-0.2, -0.15) is 0 Å². The molecule has 2 N–H and O–H groups in total. The molecule has 136 valence electrons. The molecular formula is C18H24N2O5. The highest BCUT2D eigenvalue weighted by Crippen LogP contribution is 2.14. The molecule has 0 unspecified atom stereocenters. The first kappa shape index (κ1) is 20.3. The van der Waals surface area contributed by atoms with Crippen LogP contribution in [-0.2, 0) is 19.1 Å². The molecule has 2 amide bonds. The Balaban J connectivity index is 2.19. The number of nitrogens with one attached hydrogen (secondary N) is 2. The smallest absolute Gasteiger partial charge is 0.306 e. The van der Waals surface area contributed by atoms with Crippen LogP contribution in [0.1, 0.15) is 50.4 Å². The van der Waals surface area contributed by atoms with Crippen LogP contribution < -0.4 is 10.9 Å². The predicted octanol–water partition coefficient (Wildman–Crippen LogP) is 1.78. The minimum absolute atomic E-state index is 0.0253. The normalized spacial score (nSPS) is 10.7. The monoisotopic (exact) mass is 348 g/mol. The summed E-state index contributed by atoms with van der Waals surface area (Å²) < 4.78 is 4.88. The van der Waals surface area contributed by atoms with Crippen molar-refractivity contribution in [2.24, 2.45) is 5.41 Å². The molecule has 0 atom stereocenters. The van der Waals surface area contributed by atoms with Crippen LogP contribution in [-0.4, -0.2) is 30.2 Å². The van der Waals surface area contributed by atoms with Gasteiger partial charge in [0.25, 0.3) is 5.91 Å². The number of carbonyl (C=O) groups is 4. The molecule has 0 saturated heterocycles. The third-order valence-corrected chi connectivity index (χ3v) is 3.34. The van der Waals surface area contributed by atoms with Gasteiger partial charge in [-0.3, -0.25) is 30.0 Å². The minimum atomic E-state index is -0.558. The summed E-state index contributed by atoms with van der Waals surface area (Å²) in [5, 5.41) is 0. The Morgan fingerprint density at radius 3 is 2.20 bits per heavy atom. The van der Waals surface area contributed by atoms with Crippen LogP contribution in [0.2, 0.25) is 0 Å². The van der Waals surface area contributed by atoms with Crippen LogP contribution in [0.5, 0.6) is 0 Å². The lowest BCUT2D eigenvalue weighted by molar-refractivity contribution is -0.150. The van der Waals surface area contributed by atoms with E-state index in [4.69, 9.17) is 4.74 Å². The van der Waals surface area contributed by atoms with Gasteiger partial charge in [-0.25, -0.2) is 0 Å². The van der Waals surface area contributed by atoms with Gasteiger partial charge < -0.3 is 4.74 Å². The van der Waals surface area contributed by atoms with Gasteiger partial charge in [0, 0.05) is 23.8 Å². The van der Waals surface area contributed by atoms with E-state index < -0.39 is 23.2 Å². The fraction of sp³-hybridized carbons (Fsp3) is 0.444. The van der Waals surface area contributed by atoms with E-state index in [2.05, 4.69) is 10.9 Å². The molecule has 1 aromatic carbocycles. The van der Waals surface area contributed by atoms with Crippen molar-refractivity contribution in [2.75, 3.05) is 6.61 Å². The Morgan fingerprint density at radius 1 is 0.960 bits per heavy atom. The highest BCUT2D eigenvalue weighted by atomic mass is 16.5. The molecule has 0 spiro atoms. The van der Waals surface area contributed by atoms with E-state index in [-0.39, 0.29) is 31.7 Å². The fourth-order valence-electron chi connectivity index (χ4n) is 1.68. The van der Waals surface area contributed by atoms with Crippen molar-refractivity contribution in [1.29, 1.82) is 0 Å². The Bertz CT molecular complexity index is 620. The van der Waals surface area contributed by atoms with Crippen LogP contribution in [0.25, 0.3) is 0 Å². The number of hydrazine groups is 1. The van der Waals surface area contributed by atoms with E-state index in [1.165, 1.54) is 0 Å². The summed E-state index contributed by atoms with van der Waals surface area (Å²) in [7, 11) is 0. The molecular weight excluding hydrogens is 324 g/mol. The fourth-order valence-corrected chi connectivity index (χ4v) is 1.68. The summed E-state index contributed by atoms with van der Waals surface area (Å²) in [5.41, 5.74) is 4.44. The Kier molecular flexibility index (Phi) is 7.78. The number of rotatable bonds is 7. The molecule has 7 heteroatoms. The summed E-state index contributed by atoms with van der Waals surface area (Å²) >= 11 is 0. The number of benzene rings is 1. The minimum Gasteiger partial charge on any atom is -0.458 e. The van der Waals surface area contributed by atoms with Crippen molar-refractivity contribution in [3.05, 3.63) is 35.9 Å². The van der Waals surface area contributed by atoms with E-state index in [1.807, 2.05) is 0 Å².